The van der Waals surface area contributed by atoms with E-state index >= 15 is 0 Å². The van der Waals surface area contributed by atoms with Crippen LogP contribution in [0.3, 0.4) is 0 Å². The molecule has 1 fully saturated rings. The molecule has 1 aliphatic carbocycles. The minimum absolute atomic E-state index is 0.276. The molecule has 1 nitrogen and oxygen atoms in total. The summed E-state index contributed by atoms with van der Waals surface area (Å²) >= 11 is 0. The fourth-order valence-corrected chi connectivity index (χ4v) is 1.97. The van der Waals surface area contributed by atoms with Gasteiger partial charge in [-0.2, -0.15) is 0 Å². The highest BCUT2D eigenvalue weighted by molar-refractivity contribution is 4.93. The lowest BCUT2D eigenvalue weighted by Crippen LogP contribution is -2.11. The summed E-state index contributed by atoms with van der Waals surface area (Å²) in [6, 6.07) is 0. The average molecular weight is 168 g/mol. The standard InChI is InChI=1S/C11H20O/c1-9-4-3-5-11(8-9)7-6-10(2)12/h6-7,9-12H,3-5,8H2,1-2H3/b7-6+. The number of allylic oxidation sites excluding steroid dienone is 1. The zero-order chi connectivity index (χ0) is 8.97. The van der Waals surface area contributed by atoms with E-state index in [1.807, 2.05) is 13.0 Å². The molecule has 1 rings (SSSR count). The fourth-order valence-electron chi connectivity index (χ4n) is 1.97. The Morgan fingerprint density at radius 3 is 2.75 bits per heavy atom. The second-order valence-electron chi connectivity index (χ2n) is 4.16. The SMILES string of the molecule is CC(O)/C=C/C1CCCC(C)C1. The summed E-state index contributed by atoms with van der Waals surface area (Å²) in [5, 5.41) is 9.06. The zero-order valence-corrected chi connectivity index (χ0v) is 8.16. The normalized spacial score (nSPS) is 33.9. The molecule has 0 aromatic heterocycles. The van der Waals surface area contributed by atoms with Crippen molar-refractivity contribution >= 4 is 0 Å². The molecule has 1 saturated carbocycles. The first kappa shape index (κ1) is 9.79. The van der Waals surface area contributed by atoms with E-state index in [0.29, 0.717) is 0 Å². The molecule has 12 heavy (non-hydrogen) atoms. The molecule has 1 heteroatoms. The van der Waals surface area contributed by atoms with Gasteiger partial charge in [-0.15, -0.1) is 0 Å². The van der Waals surface area contributed by atoms with Crippen LogP contribution in [-0.4, -0.2) is 11.2 Å². The minimum atomic E-state index is -0.276. The summed E-state index contributed by atoms with van der Waals surface area (Å²) in [7, 11) is 0. The molecule has 0 aromatic carbocycles. The van der Waals surface area contributed by atoms with Crippen molar-refractivity contribution in [3.05, 3.63) is 12.2 Å². The van der Waals surface area contributed by atoms with Gasteiger partial charge in [-0.3, -0.25) is 0 Å². The first-order valence-corrected chi connectivity index (χ1v) is 5.05. The number of aliphatic hydroxyl groups excluding tert-OH is 1. The molecule has 3 unspecified atom stereocenters. The topological polar surface area (TPSA) is 20.2 Å². The van der Waals surface area contributed by atoms with Crippen LogP contribution in [0.4, 0.5) is 0 Å². The molecule has 0 radical (unpaired) electrons. The molecule has 0 amide bonds. The van der Waals surface area contributed by atoms with Crippen molar-refractivity contribution < 1.29 is 5.11 Å². The highest BCUT2D eigenvalue weighted by atomic mass is 16.3. The van der Waals surface area contributed by atoms with Crippen LogP contribution < -0.4 is 0 Å². The summed E-state index contributed by atoms with van der Waals surface area (Å²) in [6.07, 6.45) is 9.21. The van der Waals surface area contributed by atoms with Crippen LogP contribution in [0.15, 0.2) is 12.2 Å². The van der Waals surface area contributed by atoms with Crippen LogP contribution in [0.2, 0.25) is 0 Å². The summed E-state index contributed by atoms with van der Waals surface area (Å²) in [6.45, 7) is 4.13. The minimum Gasteiger partial charge on any atom is -0.389 e. The van der Waals surface area contributed by atoms with Gasteiger partial charge in [0.2, 0.25) is 0 Å². The lowest BCUT2D eigenvalue weighted by molar-refractivity contribution is 0.241. The van der Waals surface area contributed by atoms with Gasteiger partial charge in [0.05, 0.1) is 6.10 Å². The Bertz CT molecular complexity index is 149. The molecule has 0 saturated heterocycles. The van der Waals surface area contributed by atoms with E-state index in [2.05, 4.69) is 13.0 Å². The maximum atomic E-state index is 9.06. The molecule has 70 valence electrons. The molecule has 0 bridgehead atoms. The number of hydrogen-bond acceptors (Lipinski definition) is 1. The molecular formula is C11H20O. The van der Waals surface area contributed by atoms with Crippen LogP contribution in [0.25, 0.3) is 0 Å². The van der Waals surface area contributed by atoms with Crippen molar-refractivity contribution in [1.29, 1.82) is 0 Å². The Labute approximate surface area is 75.5 Å². The third kappa shape index (κ3) is 3.40. The van der Waals surface area contributed by atoms with Gasteiger partial charge in [0.25, 0.3) is 0 Å². The predicted molar refractivity (Wildman–Crippen MR) is 51.9 cm³/mol. The Balaban J connectivity index is 2.31. The Morgan fingerprint density at radius 1 is 1.42 bits per heavy atom. The second kappa shape index (κ2) is 4.66. The average Bonchev–Trinajstić information content (AvgIpc) is 2.01. The van der Waals surface area contributed by atoms with Crippen molar-refractivity contribution in [1.82, 2.24) is 0 Å². The molecule has 0 heterocycles. The van der Waals surface area contributed by atoms with Crippen molar-refractivity contribution in [3.8, 4) is 0 Å². The monoisotopic (exact) mass is 168 g/mol. The van der Waals surface area contributed by atoms with Crippen molar-refractivity contribution in [3.63, 3.8) is 0 Å². The smallest absolute Gasteiger partial charge is 0.0692 e. The van der Waals surface area contributed by atoms with E-state index in [-0.39, 0.29) is 6.10 Å². The van der Waals surface area contributed by atoms with E-state index in [0.717, 1.165) is 11.8 Å². The van der Waals surface area contributed by atoms with E-state index in [4.69, 9.17) is 5.11 Å². The van der Waals surface area contributed by atoms with Gasteiger partial charge < -0.3 is 5.11 Å². The third-order valence-electron chi connectivity index (χ3n) is 2.64. The van der Waals surface area contributed by atoms with Gasteiger partial charge in [0.1, 0.15) is 0 Å². The van der Waals surface area contributed by atoms with Crippen molar-refractivity contribution in [2.75, 3.05) is 0 Å². The lowest BCUT2D eigenvalue weighted by atomic mass is 9.82. The van der Waals surface area contributed by atoms with Gasteiger partial charge in [-0.1, -0.05) is 31.9 Å². The number of rotatable bonds is 2. The first-order chi connectivity index (χ1) is 5.68. The lowest BCUT2D eigenvalue weighted by Gasteiger charge is -2.24. The first-order valence-electron chi connectivity index (χ1n) is 5.05. The second-order valence-corrected chi connectivity index (χ2v) is 4.16. The Hall–Kier alpha value is -0.300. The van der Waals surface area contributed by atoms with Gasteiger partial charge >= 0.3 is 0 Å². The maximum absolute atomic E-state index is 9.06. The van der Waals surface area contributed by atoms with Crippen LogP contribution in [0.1, 0.15) is 39.5 Å². The molecule has 1 aliphatic rings. The van der Waals surface area contributed by atoms with E-state index in [9.17, 15) is 0 Å². The van der Waals surface area contributed by atoms with Crippen LogP contribution in [0, 0.1) is 11.8 Å². The van der Waals surface area contributed by atoms with Crippen molar-refractivity contribution in [2.45, 2.75) is 45.6 Å². The molecule has 0 spiro atoms. The molecule has 3 atom stereocenters. The summed E-state index contributed by atoms with van der Waals surface area (Å²) < 4.78 is 0. The number of hydrogen-bond donors (Lipinski definition) is 1. The van der Waals surface area contributed by atoms with Gasteiger partial charge in [-0.25, -0.2) is 0 Å². The highest BCUT2D eigenvalue weighted by Crippen LogP contribution is 2.29. The van der Waals surface area contributed by atoms with Crippen LogP contribution in [-0.2, 0) is 0 Å². The Morgan fingerprint density at radius 2 is 2.17 bits per heavy atom. The summed E-state index contributed by atoms with van der Waals surface area (Å²) in [5.74, 6) is 1.60. The van der Waals surface area contributed by atoms with Crippen molar-refractivity contribution in [2.24, 2.45) is 11.8 Å². The Kier molecular flexibility index (Phi) is 3.80. The van der Waals surface area contributed by atoms with Crippen LogP contribution >= 0.6 is 0 Å². The molecule has 0 aromatic rings. The molecular weight excluding hydrogens is 148 g/mol. The summed E-state index contributed by atoms with van der Waals surface area (Å²) in [4.78, 5) is 0. The van der Waals surface area contributed by atoms with Gasteiger partial charge in [-0.05, 0) is 31.6 Å². The van der Waals surface area contributed by atoms with E-state index < -0.39 is 0 Å². The van der Waals surface area contributed by atoms with Gasteiger partial charge in [0.15, 0.2) is 0 Å². The maximum Gasteiger partial charge on any atom is 0.0692 e. The van der Waals surface area contributed by atoms with Crippen LogP contribution in [0.5, 0.6) is 0 Å². The van der Waals surface area contributed by atoms with E-state index in [1.54, 1.807) is 0 Å². The quantitative estimate of drug-likeness (QED) is 0.629. The third-order valence-corrected chi connectivity index (χ3v) is 2.64. The highest BCUT2D eigenvalue weighted by Gasteiger charge is 2.16. The molecule has 1 N–H and O–H groups in total. The fraction of sp³-hybridized carbons (Fsp3) is 0.818. The largest absolute Gasteiger partial charge is 0.389 e. The van der Waals surface area contributed by atoms with E-state index in [1.165, 1.54) is 25.7 Å². The summed E-state index contributed by atoms with van der Waals surface area (Å²) in [5.41, 5.74) is 0. The predicted octanol–water partition coefficient (Wildman–Crippen LogP) is 2.75. The zero-order valence-electron chi connectivity index (χ0n) is 8.16. The number of aliphatic hydroxyl groups is 1. The van der Waals surface area contributed by atoms with Gasteiger partial charge in [0, 0.05) is 0 Å². The molecule has 0 aliphatic heterocycles.